The van der Waals surface area contributed by atoms with Gasteiger partial charge in [-0.25, -0.2) is 0 Å². The normalized spacial score (nSPS) is 12.7. The molecule has 1 atom stereocenters. The number of aliphatic hydroxyl groups excluding tert-OH is 1. The van der Waals surface area contributed by atoms with Crippen molar-refractivity contribution in [2.24, 2.45) is 0 Å². The zero-order chi connectivity index (χ0) is 11.1. The van der Waals surface area contributed by atoms with Crippen molar-refractivity contribution in [1.82, 2.24) is 0 Å². The van der Waals surface area contributed by atoms with Crippen molar-refractivity contribution in [3.8, 4) is 0 Å². The molecule has 2 nitrogen and oxygen atoms in total. The molecule has 1 aromatic rings. The summed E-state index contributed by atoms with van der Waals surface area (Å²) in [6, 6.07) is 8.00. The number of aliphatic hydroxyl groups is 1. The Kier molecular flexibility index (Phi) is 5.76. The van der Waals surface area contributed by atoms with Gasteiger partial charge < -0.3 is 9.84 Å². The van der Waals surface area contributed by atoms with Crippen molar-refractivity contribution in [2.75, 3.05) is 19.0 Å². The van der Waals surface area contributed by atoms with Gasteiger partial charge in [-0.15, -0.1) is 11.8 Å². The first-order valence-corrected chi connectivity index (χ1v) is 6.25. The average molecular weight is 226 g/mol. The van der Waals surface area contributed by atoms with Crippen molar-refractivity contribution in [1.29, 1.82) is 0 Å². The molecule has 3 heteroatoms. The fourth-order valence-electron chi connectivity index (χ4n) is 1.28. The van der Waals surface area contributed by atoms with E-state index < -0.39 is 6.10 Å². The first kappa shape index (κ1) is 12.6. The van der Waals surface area contributed by atoms with E-state index in [1.54, 1.807) is 11.8 Å². The van der Waals surface area contributed by atoms with Gasteiger partial charge in [-0.1, -0.05) is 19.1 Å². The van der Waals surface area contributed by atoms with Crippen molar-refractivity contribution in [2.45, 2.75) is 24.8 Å². The van der Waals surface area contributed by atoms with Gasteiger partial charge in [-0.2, -0.15) is 0 Å². The standard InChI is InChI=1S/C12H18O2S/c1-3-14-9-12(13)10-5-7-11(8-6-10)15-4-2/h5-8,12-13H,3-4,9H2,1-2H3. The SMILES string of the molecule is CCOCC(O)c1ccc(SCC)cc1. The number of rotatable bonds is 6. The van der Waals surface area contributed by atoms with Gasteiger partial charge >= 0.3 is 0 Å². The molecule has 0 aliphatic heterocycles. The van der Waals surface area contributed by atoms with Gasteiger partial charge in [0, 0.05) is 11.5 Å². The number of benzene rings is 1. The molecule has 0 spiro atoms. The first-order chi connectivity index (χ1) is 7.27. The van der Waals surface area contributed by atoms with Gasteiger partial charge in [0.05, 0.1) is 6.61 Å². The van der Waals surface area contributed by atoms with Gasteiger partial charge in [0.1, 0.15) is 6.10 Å². The van der Waals surface area contributed by atoms with E-state index in [4.69, 9.17) is 4.74 Å². The van der Waals surface area contributed by atoms with Crippen LogP contribution >= 0.6 is 11.8 Å². The Labute approximate surface area is 95.7 Å². The van der Waals surface area contributed by atoms with Crippen molar-refractivity contribution < 1.29 is 9.84 Å². The van der Waals surface area contributed by atoms with Crippen LogP contribution in [0.4, 0.5) is 0 Å². The molecule has 0 bridgehead atoms. The summed E-state index contributed by atoms with van der Waals surface area (Å²) in [6.45, 7) is 5.06. The summed E-state index contributed by atoms with van der Waals surface area (Å²) in [4.78, 5) is 1.24. The maximum Gasteiger partial charge on any atom is 0.102 e. The highest BCUT2D eigenvalue weighted by Gasteiger charge is 2.06. The molecule has 0 radical (unpaired) electrons. The molecule has 0 saturated carbocycles. The van der Waals surface area contributed by atoms with Gasteiger partial charge in [-0.05, 0) is 30.4 Å². The van der Waals surface area contributed by atoms with Crippen molar-refractivity contribution >= 4 is 11.8 Å². The summed E-state index contributed by atoms with van der Waals surface area (Å²) in [6.07, 6.45) is -0.509. The van der Waals surface area contributed by atoms with Gasteiger partial charge in [0.15, 0.2) is 0 Å². The van der Waals surface area contributed by atoms with Crippen LogP contribution in [0, 0.1) is 0 Å². The molecule has 0 heterocycles. The van der Waals surface area contributed by atoms with Crippen LogP contribution in [0.5, 0.6) is 0 Å². The lowest BCUT2D eigenvalue weighted by atomic mass is 10.1. The van der Waals surface area contributed by atoms with Gasteiger partial charge in [0.2, 0.25) is 0 Å². The van der Waals surface area contributed by atoms with E-state index in [-0.39, 0.29) is 0 Å². The van der Waals surface area contributed by atoms with Crippen LogP contribution in [-0.4, -0.2) is 24.1 Å². The van der Waals surface area contributed by atoms with Crippen LogP contribution in [-0.2, 0) is 4.74 Å². The molecule has 0 amide bonds. The summed E-state index contributed by atoms with van der Waals surface area (Å²) >= 11 is 1.80. The number of hydrogen-bond acceptors (Lipinski definition) is 3. The molecule has 1 N–H and O–H groups in total. The average Bonchev–Trinajstić information content (AvgIpc) is 2.27. The molecule has 15 heavy (non-hydrogen) atoms. The molecule has 0 saturated heterocycles. The second-order valence-corrected chi connectivity index (χ2v) is 4.51. The lowest BCUT2D eigenvalue weighted by Crippen LogP contribution is -2.06. The molecular weight excluding hydrogens is 208 g/mol. The van der Waals surface area contributed by atoms with E-state index in [9.17, 15) is 5.11 Å². The third kappa shape index (κ3) is 4.24. The molecule has 0 aliphatic carbocycles. The summed E-state index contributed by atoms with van der Waals surface area (Å²) in [7, 11) is 0. The quantitative estimate of drug-likeness (QED) is 0.756. The minimum Gasteiger partial charge on any atom is -0.386 e. The monoisotopic (exact) mass is 226 g/mol. The van der Waals surface area contributed by atoms with E-state index in [1.165, 1.54) is 4.90 Å². The molecule has 0 aliphatic rings. The van der Waals surface area contributed by atoms with Crippen molar-refractivity contribution in [3.63, 3.8) is 0 Å². The molecular formula is C12H18O2S. The third-order valence-electron chi connectivity index (χ3n) is 2.06. The van der Waals surface area contributed by atoms with Crippen LogP contribution in [0.2, 0.25) is 0 Å². The number of hydrogen-bond donors (Lipinski definition) is 1. The maximum atomic E-state index is 9.74. The predicted molar refractivity (Wildman–Crippen MR) is 64.3 cm³/mol. The summed E-state index contributed by atoms with van der Waals surface area (Å²) in [5.74, 6) is 1.07. The predicted octanol–water partition coefficient (Wildman–Crippen LogP) is 2.87. The van der Waals surface area contributed by atoms with E-state index in [0.717, 1.165) is 11.3 Å². The van der Waals surface area contributed by atoms with E-state index in [2.05, 4.69) is 6.92 Å². The Morgan fingerprint density at radius 3 is 2.47 bits per heavy atom. The molecule has 0 fully saturated rings. The Balaban J connectivity index is 2.54. The minimum atomic E-state index is -0.509. The highest BCUT2D eigenvalue weighted by atomic mass is 32.2. The summed E-state index contributed by atoms with van der Waals surface area (Å²) in [5, 5.41) is 9.74. The fraction of sp³-hybridized carbons (Fsp3) is 0.500. The van der Waals surface area contributed by atoms with Gasteiger partial charge in [0.25, 0.3) is 0 Å². The van der Waals surface area contributed by atoms with E-state index in [0.29, 0.717) is 13.2 Å². The Morgan fingerprint density at radius 2 is 1.93 bits per heavy atom. The smallest absolute Gasteiger partial charge is 0.102 e. The topological polar surface area (TPSA) is 29.5 Å². The van der Waals surface area contributed by atoms with Crippen LogP contribution < -0.4 is 0 Å². The zero-order valence-electron chi connectivity index (χ0n) is 9.27. The maximum absolute atomic E-state index is 9.74. The minimum absolute atomic E-state index is 0.372. The second-order valence-electron chi connectivity index (χ2n) is 3.18. The molecule has 84 valence electrons. The van der Waals surface area contributed by atoms with Crippen molar-refractivity contribution in [3.05, 3.63) is 29.8 Å². The highest BCUT2D eigenvalue weighted by Crippen LogP contribution is 2.20. The third-order valence-corrected chi connectivity index (χ3v) is 2.95. The van der Waals surface area contributed by atoms with Gasteiger partial charge in [-0.3, -0.25) is 0 Å². The number of ether oxygens (including phenoxy) is 1. The molecule has 1 unspecified atom stereocenters. The lowest BCUT2D eigenvalue weighted by molar-refractivity contribution is 0.0420. The molecule has 1 aromatic carbocycles. The Bertz CT molecular complexity index is 271. The van der Waals surface area contributed by atoms with Crippen LogP contribution in [0.25, 0.3) is 0 Å². The first-order valence-electron chi connectivity index (χ1n) is 5.26. The molecule has 1 rings (SSSR count). The number of thioether (sulfide) groups is 1. The van der Waals surface area contributed by atoms with Crippen LogP contribution in [0.15, 0.2) is 29.2 Å². The fourth-order valence-corrected chi connectivity index (χ4v) is 1.94. The second kappa shape index (κ2) is 6.88. The largest absolute Gasteiger partial charge is 0.386 e. The molecule has 0 aromatic heterocycles. The van der Waals surface area contributed by atoms with Crippen LogP contribution in [0.3, 0.4) is 0 Å². The van der Waals surface area contributed by atoms with E-state index in [1.807, 2.05) is 31.2 Å². The summed E-state index contributed by atoms with van der Waals surface area (Å²) < 4.78 is 5.17. The zero-order valence-corrected chi connectivity index (χ0v) is 10.1. The Morgan fingerprint density at radius 1 is 1.27 bits per heavy atom. The Hall–Kier alpha value is -0.510. The lowest BCUT2D eigenvalue weighted by Gasteiger charge is -2.11. The highest BCUT2D eigenvalue weighted by molar-refractivity contribution is 7.99. The van der Waals surface area contributed by atoms with Crippen LogP contribution in [0.1, 0.15) is 25.5 Å². The summed E-state index contributed by atoms with van der Waals surface area (Å²) in [5.41, 5.74) is 0.920. The van der Waals surface area contributed by atoms with E-state index >= 15 is 0 Å².